The summed E-state index contributed by atoms with van der Waals surface area (Å²) in [5.41, 5.74) is 0.430. The zero-order chi connectivity index (χ0) is 18.7. The maximum Gasteiger partial charge on any atom is 0.341 e. The van der Waals surface area contributed by atoms with Crippen LogP contribution in [0.2, 0.25) is 0 Å². The van der Waals surface area contributed by atoms with Gasteiger partial charge in [0.2, 0.25) is 0 Å². The molecule has 0 spiro atoms. The SMILES string of the molecule is CN(Cc1nc2ccccc2s1)C(=O)COC(=O)c1ccc(F)cc1F. The van der Waals surface area contributed by atoms with Crippen molar-refractivity contribution in [2.24, 2.45) is 0 Å². The van der Waals surface area contributed by atoms with E-state index in [1.807, 2.05) is 24.3 Å². The number of ether oxygens (including phenoxy) is 1. The third-order valence-electron chi connectivity index (χ3n) is 3.61. The number of aromatic nitrogens is 1. The van der Waals surface area contributed by atoms with Crippen LogP contribution >= 0.6 is 11.3 Å². The average molecular weight is 376 g/mol. The first-order chi connectivity index (χ1) is 12.4. The van der Waals surface area contributed by atoms with Crippen molar-refractivity contribution in [1.29, 1.82) is 0 Å². The standard InChI is InChI=1S/C18H14F2N2O3S/c1-22(9-16-21-14-4-2-3-5-15(14)26-16)17(23)10-25-18(24)12-7-6-11(19)8-13(12)20/h2-8H,9-10H2,1H3. The lowest BCUT2D eigenvalue weighted by Crippen LogP contribution is -2.30. The minimum absolute atomic E-state index is 0.265. The lowest BCUT2D eigenvalue weighted by Gasteiger charge is -2.15. The van der Waals surface area contributed by atoms with E-state index in [-0.39, 0.29) is 6.54 Å². The Morgan fingerprint density at radius 2 is 1.96 bits per heavy atom. The van der Waals surface area contributed by atoms with Crippen molar-refractivity contribution in [2.75, 3.05) is 13.7 Å². The van der Waals surface area contributed by atoms with Crippen LogP contribution in [0.4, 0.5) is 8.78 Å². The first-order valence-electron chi connectivity index (χ1n) is 7.64. The number of likely N-dealkylation sites (N-methyl/N-ethyl adjacent to an activating group) is 1. The Balaban J connectivity index is 1.57. The second-order valence-electron chi connectivity index (χ2n) is 5.53. The highest BCUT2D eigenvalue weighted by Gasteiger charge is 2.18. The minimum Gasteiger partial charge on any atom is -0.452 e. The van der Waals surface area contributed by atoms with Crippen molar-refractivity contribution >= 4 is 33.4 Å². The zero-order valence-electron chi connectivity index (χ0n) is 13.7. The van der Waals surface area contributed by atoms with Gasteiger partial charge in [-0.15, -0.1) is 11.3 Å². The molecule has 134 valence electrons. The third kappa shape index (κ3) is 4.02. The van der Waals surface area contributed by atoms with Gasteiger partial charge in [-0.25, -0.2) is 18.6 Å². The number of rotatable bonds is 5. The molecule has 0 saturated heterocycles. The van der Waals surface area contributed by atoms with E-state index in [1.54, 1.807) is 7.05 Å². The first-order valence-corrected chi connectivity index (χ1v) is 8.46. The molecule has 0 radical (unpaired) electrons. The number of benzene rings is 2. The molecule has 0 bridgehead atoms. The molecule has 0 aliphatic rings. The van der Waals surface area contributed by atoms with E-state index >= 15 is 0 Å². The highest BCUT2D eigenvalue weighted by Crippen LogP contribution is 2.22. The van der Waals surface area contributed by atoms with Crippen LogP contribution in [0.5, 0.6) is 0 Å². The van der Waals surface area contributed by atoms with Gasteiger partial charge in [-0.3, -0.25) is 4.79 Å². The Kier molecular flexibility index (Phi) is 5.22. The van der Waals surface area contributed by atoms with E-state index in [4.69, 9.17) is 4.74 Å². The number of para-hydroxylation sites is 1. The van der Waals surface area contributed by atoms with E-state index in [9.17, 15) is 18.4 Å². The van der Waals surface area contributed by atoms with Crippen LogP contribution in [0.25, 0.3) is 10.2 Å². The molecule has 0 unspecified atom stereocenters. The highest BCUT2D eigenvalue weighted by molar-refractivity contribution is 7.18. The van der Waals surface area contributed by atoms with Crippen LogP contribution in [0.1, 0.15) is 15.4 Å². The Bertz CT molecular complexity index is 941. The fourth-order valence-corrected chi connectivity index (χ4v) is 3.27. The van der Waals surface area contributed by atoms with E-state index in [1.165, 1.54) is 16.2 Å². The summed E-state index contributed by atoms with van der Waals surface area (Å²) in [6.07, 6.45) is 0. The van der Waals surface area contributed by atoms with Crippen LogP contribution in [0.3, 0.4) is 0 Å². The van der Waals surface area contributed by atoms with Gasteiger partial charge in [0.1, 0.15) is 16.6 Å². The summed E-state index contributed by atoms with van der Waals surface area (Å²) in [4.78, 5) is 29.7. The lowest BCUT2D eigenvalue weighted by atomic mass is 10.2. The van der Waals surface area contributed by atoms with E-state index in [2.05, 4.69) is 4.98 Å². The molecule has 0 aliphatic heterocycles. The van der Waals surface area contributed by atoms with Gasteiger partial charge in [-0.05, 0) is 24.3 Å². The molecule has 1 heterocycles. The van der Waals surface area contributed by atoms with E-state index < -0.39 is 35.7 Å². The Labute approximate surface area is 151 Å². The van der Waals surface area contributed by atoms with Crippen molar-refractivity contribution in [2.45, 2.75) is 6.54 Å². The number of amides is 1. The number of carbonyl (C=O) groups excluding carboxylic acids is 2. The summed E-state index contributed by atoms with van der Waals surface area (Å²) < 4.78 is 32.2. The first kappa shape index (κ1) is 17.9. The van der Waals surface area contributed by atoms with Crippen molar-refractivity contribution in [3.8, 4) is 0 Å². The molecule has 0 N–H and O–H groups in total. The number of esters is 1. The van der Waals surface area contributed by atoms with Gasteiger partial charge >= 0.3 is 5.97 Å². The molecule has 0 saturated carbocycles. The number of halogens is 2. The molecule has 0 atom stereocenters. The average Bonchev–Trinajstić information content (AvgIpc) is 3.01. The largest absolute Gasteiger partial charge is 0.452 e. The van der Waals surface area contributed by atoms with Gasteiger partial charge in [0.25, 0.3) is 5.91 Å². The smallest absolute Gasteiger partial charge is 0.341 e. The maximum absolute atomic E-state index is 13.5. The second-order valence-corrected chi connectivity index (χ2v) is 6.64. The normalized spacial score (nSPS) is 10.7. The third-order valence-corrected chi connectivity index (χ3v) is 4.64. The van der Waals surface area contributed by atoms with Crippen LogP contribution in [-0.4, -0.2) is 35.4 Å². The Morgan fingerprint density at radius 1 is 1.19 bits per heavy atom. The highest BCUT2D eigenvalue weighted by atomic mass is 32.1. The van der Waals surface area contributed by atoms with Crippen LogP contribution in [-0.2, 0) is 16.1 Å². The van der Waals surface area contributed by atoms with Crippen molar-refractivity contribution in [1.82, 2.24) is 9.88 Å². The predicted molar refractivity (Wildman–Crippen MR) is 92.7 cm³/mol. The number of carbonyl (C=O) groups is 2. The molecule has 8 heteroatoms. The van der Waals surface area contributed by atoms with Crippen LogP contribution in [0.15, 0.2) is 42.5 Å². The molecule has 0 aliphatic carbocycles. The summed E-state index contributed by atoms with van der Waals surface area (Å²) in [5.74, 6) is -3.32. The summed E-state index contributed by atoms with van der Waals surface area (Å²) in [6.45, 7) is -0.280. The summed E-state index contributed by atoms with van der Waals surface area (Å²) in [6, 6.07) is 10.1. The molecule has 26 heavy (non-hydrogen) atoms. The quantitative estimate of drug-likeness (QED) is 0.641. The summed E-state index contributed by atoms with van der Waals surface area (Å²) in [7, 11) is 1.56. The Hall–Kier alpha value is -2.87. The number of hydrogen-bond donors (Lipinski definition) is 0. The van der Waals surface area contributed by atoms with Crippen LogP contribution < -0.4 is 0 Å². The fourth-order valence-electron chi connectivity index (χ4n) is 2.25. The van der Waals surface area contributed by atoms with Gasteiger partial charge in [-0.2, -0.15) is 0 Å². The van der Waals surface area contributed by atoms with E-state index in [0.717, 1.165) is 27.4 Å². The summed E-state index contributed by atoms with van der Waals surface area (Å²) >= 11 is 1.47. The zero-order valence-corrected chi connectivity index (χ0v) is 14.6. The number of nitrogens with zero attached hydrogens (tertiary/aromatic N) is 2. The number of fused-ring (bicyclic) bond motifs is 1. The number of hydrogen-bond acceptors (Lipinski definition) is 5. The molecular weight excluding hydrogens is 362 g/mol. The Morgan fingerprint density at radius 3 is 2.69 bits per heavy atom. The van der Waals surface area contributed by atoms with Gasteiger partial charge in [0.05, 0.1) is 22.3 Å². The molecule has 3 rings (SSSR count). The monoisotopic (exact) mass is 376 g/mol. The second kappa shape index (κ2) is 7.57. The van der Waals surface area contributed by atoms with Gasteiger partial charge in [0.15, 0.2) is 6.61 Å². The van der Waals surface area contributed by atoms with Crippen molar-refractivity contribution in [3.05, 3.63) is 64.7 Å². The topological polar surface area (TPSA) is 59.5 Å². The molecule has 3 aromatic rings. The maximum atomic E-state index is 13.5. The van der Waals surface area contributed by atoms with E-state index in [0.29, 0.717) is 6.07 Å². The molecule has 1 aromatic heterocycles. The molecular formula is C18H14F2N2O3S. The molecule has 5 nitrogen and oxygen atoms in total. The van der Waals surface area contributed by atoms with Crippen LogP contribution in [0, 0.1) is 11.6 Å². The lowest BCUT2D eigenvalue weighted by molar-refractivity contribution is -0.133. The molecule has 1 amide bonds. The van der Waals surface area contributed by atoms with Gasteiger partial charge in [-0.1, -0.05) is 12.1 Å². The van der Waals surface area contributed by atoms with Crippen molar-refractivity contribution < 1.29 is 23.1 Å². The summed E-state index contributed by atoms with van der Waals surface area (Å²) in [5, 5.41) is 0.748. The van der Waals surface area contributed by atoms with Crippen molar-refractivity contribution in [3.63, 3.8) is 0 Å². The fraction of sp³-hybridized carbons (Fsp3) is 0.167. The predicted octanol–water partition coefficient (Wildman–Crippen LogP) is 3.39. The van der Waals surface area contributed by atoms with Gasteiger partial charge in [0, 0.05) is 13.1 Å². The van der Waals surface area contributed by atoms with Gasteiger partial charge < -0.3 is 9.64 Å². The minimum atomic E-state index is -1.04. The molecule has 0 fully saturated rings. The molecule has 2 aromatic carbocycles. The number of thiazole rings is 1.